The summed E-state index contributed by atoms with van der Waals surface area (Å²) in [5.74, 6) is -0.988. The van der Waals surface area contributed by atoms with Gasteiger partial charge in [-0.15, -0.1) is 0 Å². The van der Waals surface area contributed by atoms with E-state index in [0.717, 1.165) is 12.8 Å². The first-order valence-corrected chi connectivity index (χ1v) is 7.73. The molecule has 1 atom stereocenters. The van der Waals surface area contributed by atoms with Gasteiger partial charge in [-0.2, -0.15) is 17.4 Å². The zero-order valence-electron chi connectivity index (χ0n) is 10.7. The van der Waals surface area contributed by atoms with Crippen molar-refractivity contribution in [1.29, 1.82) is 0 Å². The third-order valence-electron chi connectivity index (χ3n) is 4.03. The van der Waals surface area contributed by atoms with Gasteiger partial charge < -0.3 is 5.11 Å². The highest BCUT2D eigenvalue weighted by Gasteiger charge is 2.50. The molecule has 1 unspecified atom stereocenters. The number of carboxylic acid groups (broad SMARTS) is 1. The van der Waals surface area contributed by atoms with Crippen LogP contribution in [-0.2, 0) is 15.0 Å². The third-order valence-corrected chi connectivity index (χ3v) is 5.65. The molecule has 1 saturated heterocycles. The van der Waals surface area contributed by atoms with Crippen LogP contribution >= 0.6 is 0 Å². The molecule has 7 heteroatoms. The quantitative estimate of drug-likeness (QED) is 0.761. The van der Waals surface area contributed by atoms with Crippen LogP contribution in [0.3, 0.4) is 0 Å². The molecule has 1 aliphatic carbocycles. The van der Waals surface area contributed by atoms with E-state index < -0.39 is 21.6 Å². The van der Waals surface area contributed by atoms with E-state index >= 15 is 0 Å². The monoisotopic (exact) mass is 276 g/mol. The molecule has 0 aromatic carbocycles. The second-order valence-corrected chi connectivity index (χ2v) is 7.30. The van der Waals surface area contributed by atoms with Crippen LogP contribution in [0, 0.1) is 11.3 Å². The van der Waals surface area contributed by atoms with Crippen molar-refractivity contribution in [2.75, 3.05) is 13.1 Å². The smallest absolute Gasteiger partial charge is 0.311 e. The number of nitrogens with zero attached hydrogens (tertiary/aromatic N) is 1. The van der Waals surface area contributed by atoms with Gasteiger partial charge in [0.25, 0.3) is 10.2 Å². The van der Waals surface area contributed by atoms with Crippen LogP contribution in [0.5, 0.6) is 0 Å². The van der Waals surface area contributed by atoms with Crippen LogP contribution in [0.1, 0.15) is 33.1 Å². The van der Waals surface area contributed by atoms with Crippen molar-refractivity contribution in [3.63, 3.8) is 0 Å². The van der Waals surface area contributed by atoms with Gasteiger partial charge in [-0.3, -0.25) is 4.79 Å². The van der Waals surface area contributed by atoms with Gasteiger partial charge in [-0.1, -0.05) is 13.8 Å². The fraction of sp³-hybridized carbons (Fsp3) is 0.909. The number of aliphatic carboxylic acids is 1. The Balaban J connectivity index is 2.13. The van der Waals surface area contributed by atoms with Crippen molar-refractivity contribution in [2.24, 2.45) is 11.3 Å². The van der Waals surface area contributed by atoms with E-state index in [-0.39, 0.29) is 25.0 Å². The van der Waals surface area contributed by atoms with Gasteiger partial charge in [0.2, 0.25) is 0 Å². The number of hydrogen-bond acceptors (Lipinski definition) is 3. The standard InChI is InChI=1S/C11H20N2O4S/c1-8(2)11(10(14)15)5-6-13(7-11)18(16,17)12-9-3-4-9/h8-9,12H,3-7H2,1-2H3,(H,14,15). The van der Waals surface area contributed by atoms with Crippen LogP contribution in [0.4, 0.5) is 0 Å². The van der Waals surface area contributed by atoms with E-state index in [4.69, 9.17) is 0 Å². The molecule has 0 aromatic heterocycles. The predicted octanol–water partition coefficient (Wildman–Crippen LogP) is 0.416. The minimum absolute atomic E-state index is 0.0499. The maximum Gasteiger partial charge on any atom is 0.311 e. The minimum Gasteiger partial charge on any atom is -0.481 e. The Kier molecular flexibility index (Phi) is 3.42. The molecule has 18 heavy (non-hydrogen) atoms. The number of rotatable bonds is 5. The molecule has 2 aliphatic rings. The zero-order valence-corrected chi connectivity index (χ0v) is 11.5. The fourth-order valence-corrected chi connectivity index (χ4v) is 3.92. The van der Waals surface area contributed by atoms with Crippen molar-refractivity contribution < 1.29 is 18.3 Å². The van der Waals surface area contributed by atoms with Crippen molar-refractivity contribution in [1.82, 2.24) is 9.03 Å². The van der Waals surface area contributed by atoms with Gasteiger partial charge in [0.1, 0.15) is 0 Å². The van der Waals surface area contributed by atoms with Crippen molar-refractivity contribution in [3.8, 4) is 0 Å². The summed E-state index contributed by atoms with van der Waals surface area (Å²) in [7, 11) is -3.51. The summed E-state index contributed by atoms with van der Waals surface area (Å²) in [6.07, 6.45) is 2.13. The fourth-order valence-electron chi connectivity index (χ4n) is 2.38. The molecule has 1 aliphatic heterocycles. The lowest BCUT2D eigenvalue weighted by Crippen LogP contribution is -2.44. The van der Waals surface area contributed by atoms with Crippen LogP contribution in [0.15, 0.2) is 0 Å². The average molecular weight is 276 g/mol. The van der Waals surface area contributed by atoms with E-state index in [1.165, 1.54) is 4.31 Å². The lowest BCUT2D eigenvalue weighted by molar-refractivity contribution is -0.150. The van der Waals surface area contributed by atoms with Crippen molar-refractivity contribution in [2.45, 2.75) is 39.2 Å². The molecule has 2 fully saturated rings. The van der Waals surface area contributed by atoms with Crippen LogP contribution in [-0.4, -0.2) is 42.9 Å². The molecule has 0 bridgehead atoms. The molecule has 6 nitrogen and oxygen atoms in total. The third kappa shape index (κ3) is 2.39. The maximum absolute atomic E-state index is 12.0. The van der Waals surface area contributed by atoms with E-state index in [0.29, 0.717) is 6.42 Å². The van der Waals surface area contributed by atoms with E-state index in [1.54, 1.807) is 0 Å². The molecular weight excluding hydrogens is 256 g/mol. The minimum atomic E-state index is -3.51. The summed E-state index contributed by atoms with van der Waals surface area (Å²) >= 11 is 0. The second-order valence-electron chi connectivity index (χ2n) is 5.60. The van der Waals surface area contributed by atoms with E-state index in [1.807, 2.05) is 13.8 Å². The Labute approximate surface area is 108 Å². The first-order valence-electron chi connectivity index (χ1n) is 6.29. The number of hydrogen-bond donors (Lipinski definition) is 2. The maximum atomic E-state index is 12.0. The molecule has 104 valence electrons. The molecule has 1 saturated carbocycles. The Morgan fingerprint density at radius 3 is 2.44 bits per heavy atom. The summed E-state index contributed by atoms with van der Waals surface area (Å²) in [5, 5.41) is 9.37. The van der Waals surface area contributed by atoms with Crippen molar-refractivity contribution in [3.05, 3.63) is 0 Å². The Bertz CT molecular complexity index is 444. The van der Waals surface area contributed by atoms with Crippen LogP contribution < -0.4 is 4.72 Å². The Hall–Kier alpha value is -0.660. The van der Waals surface area contributed by atoms with Crippen LogP contribution in [0.25, 0.3) is 0 Å². The lowest BCUT2D eigenvalue weighted by Gasteiger charge is -2.28. The summed E-state index contributed by atoms with van der Waals surface area (Å²) < 4.78 is 27.9. The number of carboxylic acids is 1. The first-order chi connectivity index (χ1) is 8.28. The molecule has 2 rings (SSSR count). The van der Waals surface area contributed by atoms with Crippen LogP contribution in [0.2, 0.25) is 0 Å². The molecule has 0 spiro atoms. The molecular formula is C11H20N2O4S. The highest BCUT2D eigenvalue weighted by molar-refractivity contribution is 7.87. The lowest BCUT2D eigenvalue weighted by atomic mass is 9.77. The van der Waals surface area contributed by atoms with Gasteiger partial charge in [0.15, 0.2) is 0 Å². The second kappa shape index (κ2) is 4.47. The van der Waals surface area contributed by atoms with Gasteiger partial charge in [-0.25, -0.2) is 0 Å². The zero-order chi connectivity index (χ0) is 13.6. The summed E-state index contributed by atoms with van der Waals surface area (Å²) in [5.41, 5.74) is -0.946. The molecule has 0 amide bonds. The largest absolute Gasteiger partial charge is 0.481 e. The molecule has 0 aromatic rings. The SMILES string of the molecule is CC(C)C1(C(=O)O)CCN(S(=O)(=O)NC2CC2)C1. The molecule has 1 heterocycles. The van der Waals surface area contributed by atoms with Gasteiger partial charge in [0.05, 0.1) is 5.41 Å². The normalized spacial score (nSPS) is 29.9. The Morgan fingerprint density at radius 2 is 2.06 bits per heavy atom. The highest BCUT2D eigenvalue weighted by atomic mass is 32.2. The first kappa shape index (κ1) is 13.8. The predicted molar refractivity (Wildman–Crippen MR) is 66.2 cm³/mol. The van der Waals surface area contributed by atoms with E-state index in [2.05, 4.69) is 4.72 Å². The molecule has 0 radical (unpaired) electrons. The van der Waals surface area contributed by atoms with Gasteiger partial charge >= 0.3 is 5.97 Å². The Morgan fingerprint density at radius 1 is 1.44 bits per heavy atom. The number of carbonyl (C=O) groups is 1. The topological polar surface area (TPSA) is 86.7 Å². The van der Waals surface area contributed by atoms with Crippen molar-refractivity contribution >= 4 is 16.2 Å². The highest BCUT2D eigenvalue weighted by Crippen LogP contribution is 2.39. The summed E-state index contributed by atoms with van der Waals surface area (Å²) in [6.45, 7) is 4.02. The summed E-state index contributed by atoms with van der Waals surface area (Å²) in [4.78, 5) is 11.4. The van der Waals surface area contributed by atoms with Gasteiger partial charge in [0, 0.05) is 19.1 Å². The van der Waals surface area contributed by atoms with E-state index in [9.17, 15) is 18.3 Å². The molecule has 2 N–H and O–H groups in total. The number of nitrogens with one attached hydrogen (secondary N) is 1. The average Bonchev–Trinajstić information content (AvgIpc) is 2.92. The van der Waals surface area contributed by atoms with Gasteiger partial charge in [-0.05, 0) is 25.2 Å². The summed E-state index contributed by atoms with van der Waals surface area (Å²) in [6, 6.07) is 0.0499.